The van der Waals surface area contributed by atoms with Crippen LogP contribution in [0.5, 0.6) is 0 Å². The van der Waals surface area contributed by atoms with E-state index in [0.717, 1.165) is 37.1 Å². The normalized spacial score (nSPS) is 16.2. The molecule has 0 saturated carbocycles. The lowest BCUT2D eigenvalue weighted by Crippen LogP contribution is -2.19. The van der Waals surface area contributed by atoms with E-state index in [-0.39, 0.29) is 11.9 Å². The smallest absolute Gasteiger partial charge is 0.147 e. The van der Waals surface area contributed by atoms with Gasteiger partial charge in [-0.2, -0.15) is 0 Å². The van der Waals surface area contributed by atoms with Crippen molar-refractivity contribution in [3.05, 3.63) is 59.4 Å². The Labute approximate surface area is 125 Å². The molecule has 110 valence electrons. The van der Waals surface area contributed by atoms with Gasteiger partial charge in [-0.15, -0.1) is 0 Å². The molecule has 0 unspecified atom stereocenters. The second kappa shape index (κ2) is 5.86. The van der Waals surface area contributed by atoms with Gasteiger partial charge in [0.2, 0.25) is 0 Å². The van der Waals surface area contributed by atoms with Crippen LogP contribution in [0.25, 0.3) is 0 Å². The maximum atomic E-state index is 14.5. The first-order chi connectivity index (χ1) is 10.2. The van der Waals surface area contributed by atoms with Gasteiger partial charge in [0.25, 0.3) is 0 Å². The molecule has 2 N–H and O–H groups in total. The molecule has 0 aromatic heterocycles. The van der Waals surface area contributed by atoms with Crippen LogP contribution in [0.3, 0.4) is 0 Å². The molecule has 21 heavy (non-hydrogen) atoms. The fourth-order valence-electron chi connectivity index (χ4n) is 2.97. The number of halogens is 1. The number of para-hydroxylation sites is 1. The highest BCUT2D eigenvalue weighted by Gasteiger charge is 2.19. The van der Waals surface area contributed by atoms with Crippen molar-refractivity contribution in [2.45, 2.75) is 32.2 Å². The molecule has 3 heteroatoms. The second-order valence-electron chi connectivity index (χ2n) is 5.74. The van der Waals surface area contributed by atoms with Gasteiger partial charge in [0.05, 0.1) is 5.69 Å². The summed E-state index contributed by atoms with van der Waals surface area (Å²) in [6.45, 7) is 2.72. The molecule has 1 atom stereocenters. The monoisotopic (exact) mass is 284 g/mol. The predicted molar refractivity (Wildman–Crippen MR) is 85.4 cm³/mol. The van der Waals surface area contributed by atoms with Crippen LogP contribution >= 0.6 is 0 Å². The molecule has 1 aliphatic heterocycles. The van der Waals surface area contributed by atoms with Gasteiger partial charge in [0.15, 0.2) is 0 Å². The molecule has 2 aromatic rings. The molecule has 0 aliphatic carbocycles. The Kier molecular flexibility index (Phi) is 3.93. The lowest BCUT2D eigenvalue weighted by molar-refractivity contribution is 0.618. The summed E-state index contributed by atoms with van der Waals surface area (Å²) < 4.78 is 14.5. The Bertz CT molecular complexity index is 637. The number of nitrogens with zero attached hydrogens (tertiary/aromatic N) is 1. The molecule has 0 fully saturated rings. The van der Waals surface area contributed by atoms with Gasteiger partial charge < -0.3 is 10.6 Å². The van der Waals surface area contributed by atoms with Gasteiger partial charge in [-0.05, 0) is 55.5 Å². The molecule has 2 nitrogen and oxygen atoms in total. The largest absolute Gasteiger partial charge is 0.339 e. The number of hydrogen-bond donors (Lipinski definition) is 1. The third-order valence-electron chi connectivity index (χ3n) is 4.15. The van der Waals surface area contributed by atoms with E-state index in [4.69, 9.17) is 5.73 Å². The number of benzene rings is 2. The standard InChI is InChI=1S/C18H21FN2/c1-13(20)15-9-10-18(16(19)12-15)21-11-5-4-7-14-6-2-3-8-17(14)21/h2-3,6,8-10,12-13H,4-5,7,11,20H2,1H3/t13-/m0/s1. The zero-order chi connectivity index (χ0) is 14.8. The first kappa shape index (κ1) is 14.1. The first-order valence-electron chi connectivity index (χ1n) is 7.57. The minimum absolute atomic E-state index is 0.148. The van der Waals surface area contributed by atoms with Gasteiger partial charge in [-0.3, -0.25) is 0 Å². The fourth-order valence-corrected chi connectivity index (χ4v) is 2.97. The minimum atomic E-state index is -0.193. The van der Waals surface area contributed by atoms with Crippen LogP contribution in [0.1, 0.15) is 36.9 Å². The van der Waals surface area contributed by atoms with E-state index < -0.39 is 0 Å². The highest BCUT2D eigenvalue weighted by molar-refractivity contribution is 5.67. The maximum Gasteiger partial charge on any atom is 0.147 e. The van der Waals surface area contributed by atoms with Crippen LogP contribution in [0.4, 0.5) is 15.8 Å². The Morgan fingerprint density at radius 3 is 2.67 bits per heavy atom. The van der Waals surface area contributed by atoms with E-state index in [2.05, 4.69) is 23.1 Å². The lowest BCUT2D eigenvalue weighted by atomic mass is 10.1. The lowest BCUT2D eigenvalue weighted by Gasteiger charge is -2.26. The quantitative estimate of drug-likeness (QED) is 0.890. The second-order valence-corrected chi connectivity index (χ2v) is 5.74. The van der Waals surface area contributed by atoms with E-state index >= 15 is 0 Å². The van der Waals surface area contributed by atoms with Crippen molar-refractivity contribution in [2.24, 2.45) is 5.73 Å². The van der Waals surface area contributed by atoms with Crippen molar-refractivity contribution in [3.63, 3.8) is 0 Å². The number of rotatable bonds is 2. The molecule has 0 spiro atoms. The van der Waals surface area contributed by atoms with Crippen LogP contribution in [-0.4, -0.2) is 6.54 Å². The van der Waals surface area contributed by atoms with Crippen LogP contribution in [-0.2, 0) is 6.42 Å². The third-order valence-corrected chi connectivity index (χ3v) is 4.15. The SMILES string of the molecule is C[C@H](N)c1ccc(N2CCCCc3ccccc32)c(F)c1. The predicted octanol–water partition coefficient (Wildman–Crippen LogP) is 4.32. The molecular formula is C18H21FN2. The zero-order valence-electron chi connectivity index (χ0n) is 12.3. The van der Waals surface area contributed by atoms with Gasteiger partial charge >= 0.3 is 0 Å². The average Bonchev–Trinajstić information content (AvgIpc) is 2.69. The van der Waals surface area contributed by atoms with E-state index in [9.17, 15) is 4.39 Å². The van der Waals surface area contributed by atoms with Crippen LogP contribution < -0.4 is 10.6 Å². The molecular weight excluding hydrogens is 263 g/mol. The van der Waals surface area contributed by atoms with E-state index in [1.165, 1.54) is 5.56 Å². The highest BCUT2D eigenvalue weighted by atomic mass is 19.1. The molecule has 1 heterocycles. The summed E-state index contributed by atoms with van der Waals surface area (Å²) in [5.74, 6) is -0.193. The summed E-state index contributed by atoms with van der Waals surface area (Å²) in [5.41, 5.74) is 9.74. The summed E-state index contributed by atoms with van der Waals surface area (Å²) in [6.07, 6.45) is 3.28. The molecule has 1 aliphatic rings. The number of nitrogens with two attached hydrogens (primary N) is 1. The number of aryl methyl sites for hydroxylation is 1. The van der Waals surface area contributed by atoms with Crippen LogP contribution in [0.2, 0.25) is 0 Å². The van der Waals surface area contributed by atoms with Crippen molar-refractivity contribution in [2.75, 3.05) is 11.4 Å². The molecule has 3 rings (SSSR count). The van der Waals surface area contributed by atoms with Crippen molar-refractivity contribution in [1.29, 1.82) is 0 Å². The topological polar surface area (TPSA) is 29.3 Å². The van der Waals surface area contributed by atoms with E-state index in [1.807, 2.05) is 25.1 Å². The van der Waals surface area contributed by atoms with Gasteiger partial charge in [0.1, 0.15) is 5.82 Å². The molecule has 0 saturated heterocycles. The maximum absolute atomic E-state index is 14.5. The van der Waals surface area contributed by atoms with Gasteiger partial charge in [-0.25, -0.2) is 4.39 Å². The van der Waals surface area contributed by atoms with Crippen molar-refractivity contribution in [1.82, 2.24) is 0 Å². The molecule has 0 radical (unpaired) electrons. The third kappa shape index (κ3) is 2.79. The number of hydrogen-bond acceptors (Lipinski definition) is 2. The first-order valence-corrected chi connectivity index (χ1v) is 7.57. The Morgan fingerprint density at radius 1 is 1.10 bits per heavy atom. The van der Waals surface area contributed by atoms with Crippen molar-refractivity contribution < 1.29 is 4.39 Å². The fraction of sp³-hybridized carbons (Fsp3) is 0.333. The van der Waals surface area contributed by atoms with Crippen LogP contribution in [0.15, 0.2) is 42.5 Å². The van der Waals surface area contributed by atoms with Crippen molar-refractivity contribution in [3.8, 4) is 0 Å². The Balaban J connectivity index is 2.04. The van der Waals surface area contributed by atoms with E-state index in [1.54, 1.807) is 6.07 Å². The zero-order valence-corrected chi connectivity index (χ0v) is 12.3. The van der Waals surface area contributed by atoms with Gasteiger partial charge in [-0.1, -0.05) is 24.3 Å². The summed E-state index contributed by atoms with van der Waals surface area (Å²) in [5, 5.41) is 0. The van der Waals surface area contributed by atoms with E-state index in [0.29, 0.717) is 5.69 Å². The minimum Gasteiger partial charge on any atom is -0.339 e. The van der Waals surface area contributed by atoms with Crippen LogP contribution in [0, 0.1) is 5.82 Å². The summed E-state index contributed by atoms with van der Waals surface area (Å²) >= 11 is 0. The summed E-state index contributed by atoms with van der Waals surface area (Å²) in [6, 6.07) is 13.5. The molecule has 0 amide bonds. The van der Waals surface area contributed by atoms with Crippen molar-refractivity contribution >= 4 is 11.4 Å². The Hall–Kier alpha value is -1.87. The Morgan fingerprint density at radius 2 is 1.90 bits per heavy atom. The number of anilines is 2. The summed E-state index contributed by atoms with van der Waals surface area (Å²) in [4.78, 5) is 2.10. The molecule has 2 aromatic carbocycles. The van der Waals surface area contributed by atoms with Gasteiger partial charge in [0, 0.05) is 18.3 Å². The number of fused-ring (bicyclic) bond motifs is 1. The molecule has 0 bridgehead atoms. The average molecular weight is 284 g/mol. The summed E-state index contributed by atoms with van der Waals surface area (Å²) in [7, 11) is 0. The highest BCUT2D eigenvalue weighted by Crippen LogP contribution is 2.34.